The Labute approximate surface area is 586 Å². The molecule has 20 bridgehead atoms. The van der Waals surface area contributed by atoms with Crippen molar-refractivity contribution in [2.45, 2.75) is 157 Å². The molecule has 0 aliphatic carbocycles. The highest BCUT2D eigenvalue weighted by atomic mass is 16.6. The summed E-state index contributed by atoms with van der Waals surface area (Å²) in [6.45, 7) is 26.4. The number of rotatable bonds is 2. The fraction of sp³-hybridized carbons (Fsp3) is 0.538. The summed E-state index contributed by atoms with van der Waals surface area (Å²) in [4.78, 5) is 90.9. The molecule has 6 amide bonds. The van der Waals surface area contributed by atoms with Gasteiger partial charge in [0.2, 0.25) is 0 Å². The fourth-order valence-electron chi connectivity index (χ4n) is 14.0. The Morgan fingerprint density at radius 3 is 0.870 bits per heavy atom. The van der Waals surface area contributed by atoms with E-state index in [-0.39, 0.29) is 96.4 Å². The summed E-state index contributed by atoms with van der Waals surface area (Å²) in [5, 5.41) is 14.8. The van der Waals surface area contributed by atoms with Crippen LogP contribution in [0, 0.1) is 10.8 Å². The zero-order valence-corrected chi connectivity index (χ0v) is 60.0. The number of nitrogens with one attached hydrogen (secondary N) is 3. The van der Waals surface area contributed by atoms with Crippen LogP contribution in [-0.2, 0) is 47.4 Å². The maximum atomic E-state index is 14.7. The van der Waals surface area contributed by atoms with E-state index in [2.05, 4.69) is 22.9 Å². The molecule has 100 heavy (non-hydrogen) atoms. The maximum Gasteiger partial charge on any atom is 0.261 e. The van der Waals surface area contributed by atoms with Gasteiger partial charge in [-0.3, -0.25) is 43.5 Å². The average molecular weight is 1380 g/mol. The van der Waals surface area contributed by atoms with Crippen LogP contribution in [0.4, 0.5) is 17.1 Å². The highest BCUT2D eigenvalue weighted by Gasteiger charge is 2.41. The van der Waals surface area contributed by atoms with Crippen molar-refractivity contribution in [2.75, 3.05) is 122 Å². The summed E-state index contributed by atoms with van der Waals surface area (Å²) >= 11 is 0. The van der Waals surface area contributed by atoms with Gasteiger partial charge in [-0.2, -0.15) is 0 Å². The quantitative estimate of drug-likeness (QED) is 0.137. The molecule has 0 spiro atoms. The molecule has 0 aromatic heterocycles. The Balaban J connectivity index is 0.891. The standard InChI is InChI=1S/C78H100N6O16/c1-13-77-40-91-30-46(3)79-65-27-24-62-68-56(65)18-15-21-59(68)71(85)82(74(62)88)49(6)33-92-41-78(14-2,44-95-38-54(11)99-34-50(7)83-72(86)60-22-16-19-57-66(28-25-63(69(57)60)75(83)89)80-47(4)31-97-52(9)36-93-42-77)45-96-39-55(12)100-35-51(8)84-73(87)61-23-17-20-58-67(29-26-64(70(58)61)76(84)90)81-48(5)32-98-53(10)37-94-43-77/h15-29,46-55,79-81H,13-14,30-45H2,1-12H3. The molecular formula is C78H100N6O16. The molecule has 538 valence electrons. The minimum Gasteiger partial charge on any atom is -0.380 e. The zero-order chi connectivity index (χ0) is 71.2. The van der Waals surface area contributed by atoms with Crippen LogP contribution in [-0.4, -0.2) is 217 Å². The second-order valence-electron chi connectivity index (χ2n) is 28.7. The SMILES string of the molecule is CCC12COCC(C)Nc3ccc4c5c(cccc35)C(=O)N(C4=O)C(C)COCC(CC)(COCC(C)OCC(C)N3C(=O)c4cccc5c(ccc(c45)C3=O)NC(C)COC(C)COC1)COCC(C)OCC(C)N1C(=O)c3cccc4c(ccc(c34)C1=O)NC(C)COC(C)COC2. The van der Waals surface area contributed by atoms with Gasteiger partial charge < -0.3 is 63.3 Å². The lowest BCUT2D eigenvalue weighted by Gasteiger charge is -2.35. The lowest BCUT2D eigenvalue weighted by atomic mass is 9.88. The lowest BCUT2D eigenvalue weighted by molar-refractivity contribution is -0.105. The van der Waals surface area contributed by atoms with Crippen LogP contribution in [0.5, 0.6) is 0 Å². The van der Waals surface area contributed by atoms with Gasteiger partial charge in [0.05, 0.1) is 148 Å². The van der Waals surface area contributed by atoms with Crippen LogP contribution in [0.1, 0.15) is 158 Å². The fourth-order valence-corrected chi connectivity index (χ4v) is 14.0. The summed E-state index contributed by atoms with van der Waals surface area (Å²) < 4.78 is 64.8. The van der Waals surface area contributed by atoms with E-state index in [4.69, 9.17) is 47.4 Å². The molecule has 22 heteroatoms. The zero-order valence-electron chi connectivity index (χ0n) is 60.0. The van der Waals surface area contributed by atoms with Gasteiger partial charge in [-0.05, 0) is 137 Å². The molecule has 10 unspecified atom stereocenters. The number of nitrogens with zero attached hydrogens (tertiary/aromatic N) is 3. The molecule has 0 saturated heterocycles. The predicted molar refractivity (Wildman–Crippen MR) is 383 cm³/mol. The van der Waals surface area contributed by atoms with Gasteiger partial charge in [0.15, 0.2) is 0 Å². The van der Waals surface area contributed by atoms with E-state index in [0.29, 0.717) is 102 Å². The van der Waals surface area contributed by atoms with Crippen LogP contribution in [0.3, 0.4) is 0 Å². The molecule has 0 fully saturated rings. The van der Waals surface area contributed by atoms with Crippen molar-refractivity contribution in [3.8, 4) is 0 Å². The molecule has 15 aliphatic rings. The molecule has 15 heterocycles. The minimum atomic E-state index is -0.772. The highest BCUT2D eigenvalue weighted by Crippen LogP contribution is 2.40. The summed E-state index contributed by atoms with van der Waals surface area (Å²) in [6, 6.07) is 24.9. The van der Waals surface area contributed by atoms with E-state index in [1.165, 1.54) is 14.7 Å². The number of carbonyl (C=O) groups excluding carboxylic acids is 6. The minimum absolute atomic E-state index is 0.00346. The molecule has 6 aromatic carbocycles. The largest absolute Gasteiger partial charge is 0.380 e. The molecule has 10 atom stereocenters. The van der Waals surface area contributed by atoms with Crippen molar-refractivity contribution >= 4 is 84.8 Å². The van der Waals surface area contributed by atoms with E-state index in [1.54, 1.807) is 57.2 Å². The van der Waals surface area contributed by atoms with Crippen LogP contribution < -0.4 is 16.0 Å². The van der Waals surface area contributed by atoms with E-state index in [1.807, 2.05) is 110 Å². The van der Waals surface area contributed by atoms with Crippen molar-refractivity contribution in [3.05, 3.63) is 124 Å². The Kier molecular flexibility index (Phi) is 23.8. The molecule has 0 radical (unpaired) electrons. The van der Waals surface area contributed by atoms with Crippen molar-refractivity contribution in [1.29, 1.82) is 0 Å². The first-order valence-corrected chi connectivity index (χ1v) is 35.6. The van der Waals surface area contributed by atoms with Crippen LogP contribution in [0.2, 0.25) is 0 Å². The Morgan fingerprint density at radius 1 is 0.320 bits per heavy atom. The number of benzene rings is 6. The normalized spacial score (nSPS) is 29.2. The van der Waals surface area contributed by atoms with Gasteiger partial charge in [-0.25, -0.2) is 0 Å². The molecule has 21 rings (SSSR count). The third-order valence-electron chi connectivity index (χ3n) is 19.9. The lowest BCUT2D eigenvalue weighted by Crippen LogP contribution is -2.48. The molecule has 3 N–H and O–H groups in total. The Hall–Kier alpha value is -7.48. The Bertz CT molecular complexity index is 3740. The highest BCUT2D eigenvalue weighted by molar-refractivity contribution is 6.29. The van der Waals surface area contributed by atoms with Gasteiger partial charge in [-0.1, -0.05) is 50.2 Å². The summed E-state index contributed by atoms with van der Waals surface area (Å²) in [7, 11) is 0. The smallest absolute Gasteiger partial charge is 0.261 e. The molecular weight excluding hydrogens is 1280 g/mol. The monoisotopic (exact) mass is 1380 g/mol. The number of anilines is 3. The second-order valence-corrected chi connectivity index (χ2v) is 28.7. The van der Waals surface area contributed by atoms with E-state index >= 15 is 0 Å². The maximum absolute atomic E-state index is 14.7. The van der Waals surface area contributed by atoms with E-state index in [0.717, 1.165) is 33.2 Å². The van der Waals surface area contributed by atoms with Gasteiger partial charge in [-0.15, -0.1) is 0 Å². The van der Waals surface area contributed by atoms with Crippen molar-refractivity contribution in [3.63, 3.8) is 0 Å². The second kappa shape index (κ2) is 32.2. The number of amides is 6. The van der Waals surface area contributed by atoms with Crippen LogP contribution in [0.25, 0.3) is 32.3 Å². The number of hydrogen-bond donors (Lipinski definition) is 3. The van der Waals surface area contributed by atoms with Crippen molar-refractivity contribution in [2.24, 2.45) is 10.8 Å². The number of ether oxygens (including phenoxy) is 10. The van der Waals surface area contributed by atoms with Gasteiger partial charge in [0, 0.05) is 112 Å². The first-order valence-electron chi connectivity index (χ1n) is 35.6. The molecule has 6 aromatic rings. The van der Waals surface area contributed by atoms with Gasteiger partial charge >= 0.3 is 0 Å². The Morgan fingerprint density at radius 2 is 0.570 bits per heavy atom. The third-order valence-corrected chi connectivity index (χ3v) is 19.9. The number of hydrogen-bond acceptors (Lipinski definition) is 19. The summed E-state index contributed by atoms with van der Waals surface area (Å²) in [5.41, 5.74) is 3.40. The van der Waals surface area contributed by atoms with E-state index < -0.39 is 76.6 Å². The van der Waals surface area contributed by atoms with Gasteiger partial charge in [0.1, 0.15) is 0 Å². The number of carbonyl (C=O) groups is 6. The summed E-state index contributed by atoms with van der Waals surface area (Å²) in [6.07, 6.45) is -0.400. The van der Waals surface area contributed by atoms with Crippen LogP contribution >= 0.6 is 0 Å². The van der Waals surface area contributed by atoms with Gasteiger partial charge in [0.25, 0.3) is 35.4 Å². The molecule has 0 saturated carbocycles. The first kappa shape index (κ1) is 73.7. The number of imide groups is 3. The average Bonchev–Trinajstić information content (AvgIpc) is 0.751. The molecule has 22 nitrogen and oxygen atoms in total. The third kappa shape index (κ3) is 15.9. The van der Waals surface area contributed by atoms with Crippen LogP contribution in [0.15, 0.2) is 91.0 Å². The van der Waals surface area contributed by atoms with Crippen molar-refractivity contribution in [1.82, 2.24) is 14.7 Å². The topological polar surface area (TPSA) is 241 Å². The summed E-state index contributed by atoms with van der Waals surface area (Å²) in [5.74, 6) is -2.51. The van der Waals surface area contributed by atoms with E-state index in [9.17, 15) is 28.8 Å². The molecule has 15 aliphatic heterocycles. The first-order chi connectivity index (χ1) is 48.0. The van der Waals surface area contributed by atoms with Crippen molar-refractivity contribution < 1.29 is 76.1 Å². The predicted octanol–water partition coefficient (Wildman–Crippen LogP) is 11.4.